The molecule has 2 heterocycles. The van der Waals surface area contributed by atoms with E-state index < -0.39 is 6.10 Å². The molecule has 1 fully saturated rings. The molecule has 1 atom stereocenters. The Bertz CT molecular complexity index is 643. The Morgan fingerprint density at radius 2 is 2.00 bits per heavy atom. The number of hydrogen-bond acceptors (Lipinski definition) is 7. The Balaban J connectivity index is 1.60. The van der Waals surface area contributed by atoms with E-state index in [0.717, 1.165) is 42.6 Å². The van der Waals surface area contributed by atoms with E-state index in [1.54, 1.807) is 25.6 Å². The summed E-state index contributed by atoms with van der Waals surface area (Å²) in [6.45, 7) is 4.24. The fourth-order valence-corrected chi connectivity index (χ4v) is 3.63. The van der Waals surface area contributed by atoms with Crippen molar-refractivity contribution in [3.05, 3.63) is 35.3 Å². The second-order valence-corrected chi connectivity index (χ2v) is 6.60. The number of methoxy groups -OCH3 is 2. The number of aliphatic hydroxyl groups is 1. The Hall–Kier alpha value is -1.83. The minimum atomic E-state index is -0.610. The zero-order chi connectivity index (χ0) is 16.9. The smallest absolute Gasteiger partial charge is 0.185 e. The first kappa shape index (κ1) is 17.0. The van der Waals surface area contributed by atoms with Crippen molar-refractivity contribution in [3.8, 4) is 11.5 Å². The van der Waals surface area contributed by atoms with Gasteiger partial charge in [-0.3, -0.25) is 4.90 Å². The molecule has 0 saturated carbocycles. The van der Waals surface area contributed by atoms with Crippen LogP contribution in [0, 0.1) is 0 Å². The third-order valence-corrected chi connectivity index (χ3v) is 5.12. The highest BCUT2D eigenvalue weighted by atomic mass is 32.1. The van der Waals surface area contributed by atoms with Gasteiger partial charge in [0.1, 0.15) is 11.5 Å². The summed E-state index contributed by atoms with van der Waals surface area (Å²) in [6.07, 6.45) is 1.23. The number of aliphatic hydroxyl groups excluding tert-OH is 1. The van der Waals surface area contributed by atoms with Crippen LogP contribution in [0.4, 0.5) is 5.13 Å². The van der Waals surface area contributed by atoms with Crippen molar-refractivity contribution in [1.29, 1.82) is 0 Å². The van der Waals surface area contributed by atoms with Crippen LogP contribution in [-0.2, 0) is 0 Å². The summed E-state index contributed by atoms with van der Waals surface area (Å²) in [5, 5.41) is 13.7. The second-order valence-electron chi connectivity index (χ2n) is 5.73. The lowest BCUT2D eigenvalue weighted by molar-refractivity contribution is 0.107. The summed E-state index contributed by atoms with van der Waals surface area (Å²) in [5.41, 5.74) is 0.763. The highest BCUT2D eigenvalue weighted by Gasteiger charge is 2.23. The van der Waals surface area contributed by atoms with E-state index >= 15 is 0 Å². The normalized spacial score (nSPS) is 16.9. The summed E-state index contributed by atoms with van der Waals surface area (Å²) in [4.78, 5) is 8.92. The Labute approximate surface area is 146 Å². The van der Waals surface area contributed by atoms with Crippen molar-refractivity contribution in [2.24, 2.45) is 0 Å². The summed E-state index contributed by atoms with van der Waals surface area (Å²) < 4.78 is 10.6. The zero-order valence-corrected chi connectivity index (χ0v) is 14.8. The third kappa shape index (κ3) is 3.80. The molecule has 0 aliphatic carbocycles. The maximum Gasteiger partial charge on any atom is 0.185 e. The van der Waals surface area contributed by atoms with Crippen molar-refractivity contribution >= 4 is 16.5 Å². The first-order valence-corrected chi connectivity index (χ1v) is 8.86. The molecule has 0 radical (unpaired) electrons. The largest absolute Gasteiger partial charge is 0.497 e. The van der Waals surface area contributed by atoms with E-state index in [4.69, 9.17) is 9.47 Å². The maximum absolute atomic E-state index is 10.7. The molecule has 3 rings (SSSR count). The molecule has 0 amide bonds. The van der Waals surface area contributed by atoms with Gasteiger partial charge >= 0.3 is 0 Å². The number of nitrogens with zero attached hydrogens (tertiary/aromatic N) is 3. The minimum Gasteiger partial charge on any atom is -0.497 e. The van der Waals surface area contributed by atoms with Gasteiger partial charge in [-0.2, -0.15) is 0 Å². The number of β-amino-alcohol motifs (C(OH)–C–C–N with tert-alkyl or cyclic N) is 1. The van der Waals surface area contributed by atoms with Crippen molar-refractivity contribution in [2.45, 2.75) is 6.10 Å². The van der Waals surface area contributed by atoms with Crippen LogP contribution in [0.15, 0.2) is 29.8 Å². The summed E-state index contributed by atoms with van der Waals surface area (Å²) in [5.74, 6) is 1.41. The standard InChI is InChI=1S/C17H23N3O3S/c1-22-13-3-4-16(23-2)14(11-13)15(21)12-19-6-8-20(9-7-19)17-18-5-10-24-17/h3-5,10-11,15,21H,6-9,12H2,1-2H3/t15-/m1/s1. The topological polar surface area (TPSA) is 58.1 Å². The maximum atomic E-state index is 10.7. The molecule has 1 aromatic heterocycles. The van der Waals surface area contributed by atoms with Crippen LogP contribution in [0.2, 0.25) is 0 Å². The minimum absolute atomic E-state index is 0.579. The average molecular weight is 349 g/mol. The van der Waals surface area contributed by atoms with Gasteiger partial charge in [-0.05, 0) is 18.2 Å². The molecule has 2 aromatic rings. The molecule has 7 heteroatoms. The van der Waals surface area contributed by atoms with Crippen molar-refractivity contribution in [2.75, 3.05) is 51.8 Å². The van der Waals surface area contributed by atoms with Crippen LogP contribution in [0.5, 0.6) is 11.5 Å². The van der Waals surface area contributed by atoms with E-state index in [2.05, 4.69) is 14.8 Å². The van der Waals surface area contributed by atoms with Crippen LogP contribution in [0.3, 0.4) is 0 Å². The van der Waals surface area contributed by atoms with Gasteiger partial charge < -0.3 is 19.5 Å². The molecular formula is C17H23N3O3S. The van der Waals surface area contributed by atoms with Crippen LogP contribution < -0.4 is 14.4 Å². The lowest BCUT2D eigenvalue weighted by Crippen LogP contribution is -2.47. The van der Waals surface area contributed by atoms with Gasteiger partial charge in [-0.15, -0.1) is 11.3 Å². The van der Waals surface area contributed by atoms with Crippen LogP contribution in [0.1, 0.15) is 11.7 Å². The number of thiazole rings is 1. The number of ether oxygens (including phenoxy) is 2. The highest BCUT2D eigenvalue weighted by Crippen LogP contribution is 2.30. The number of piperazine rings is 1. The summed E-state index contributed by atoms with van der Waals surface area (Å²) in [7, 11) is 3.24. The van der Waals surface area contributed by atoms with Crippen molar-refractivity contribution in [1.82, 2.24) is 9.88 Å². The fourth-order valence-electron chi connectivity index (χ4n) is 2.94. The van der Waals surface area contributed by atoms with Gasteiger partial charge in [0, 0.05) is 49.9 Å². The van der Waals surface area contributed by atoms with Crippen molar-refractivity contribution in [3.63, 3.8) is 0 Å². The van der Waals surface area contributed by atoms with Gasteiger partial charge in [0.25, 0.3) is 0 Å². The predicted molar refractivity (Wildman–Crippen MR) is 95.3 cm³/mol. The Morgan fingerprint density at radius 3 is 2.62 bits per heavy atom. The highest BCUT2D eigenvalue weighted by molar-refractivity contribution is 7.13. The number of anilines is 1. The number of aromatic nitrogens is 1. The van der Waals surface area contributed by atoms with Gasteiger partial charge in [0.2, 0.25) is 0 Å². The number of hydrogen-bond donors (Lipinski definition) is 1. The Morgan fingerprint density at radius 1 is 1.21 bits per heavy atom. The van der Waals surface area contributed by atoms with Gasteiger partial charge in [0.05, 0.1) is 20.3 Å². The first-order chi connectivity index (χ1) is 11.7. The number of benzene rings is 1. The first-order valence-electron chi connectivity index (χ1n) is 7.98. The van der Waals surface area contributed by atoms with Crippen LogP contribution in [0.25, 0.3) is 0 Å². The zero-order valence-electron chi connectivity index (χ0n) is 14.0. The van der Waals surface area contributed by atoms with Crippen LogP contribution >= 0.6 is 11.3 Å². The third-order valence-electron chi connectivity index (χ3n) is 4.29. The van der Waals surface area contributed by atoms with Gasteiger partial charge in [-0.1, -0.05) is 0 Å². The molecule has 1 aromatic carbocycles. The molecule has 1 aliphatic heterocycles. The SMILES string of the molecule is COc1ccc(OC)c([C@H](O)CN2CCN(c3nccs3)CC2)c1. The summed E-state index contributed by atoms with van der Waals surface area (Å²) in [6, 6.07) is 5.51. The van der Waals surface area contributed by atoms with Gasteiger partial charge in [-0.25, -0.2) is 4.98 Å². The molecular weight excluding hydrogens is 326 g/mol. The second kappa shape index (κ2) is 7.83. The Kier molecular flexibility index (Phi) is 5.55. The lowest BCUT2D eigenvalue weighted by Gasteiger charge is -2.35. The molecule has 1 aliphatic rings. The van der Waals surface area contributed by atoms with E-state index in [0.29, 0.717) is 12.3 Å². The van der Waals surface area contributed by atoms with Gasteiger partial charge in [0.15, 0.2) is 5.13 Å². The molecule has 0 unspecified atom stereocenters. The molecule has 0 spiro atoms. The molecule has 6 nitrogen and oxygen atoms in total. The van der Waals surface area contributed by atoms with E-state index in [9.17, 15) is 5.11 Å². The molecule has 1 N–H and O–H groups in total. The molecule has 130 valence electrons. The van der Waals surface area contributed by atoms with E-state index in [-0.39, 0.29) is 0 Å². The monoisotopic (exact) mass is 349 g/mol. The molecule has 24 heavy (non-hydrogen) atoms. The average Bonchev–Trinajstić information content (AvgIpc) is 3.16. The van der Waals surface area contributed by atoms with E-state index in [1.165, 1.54) is 0 Å². The van der Waals surface area contributed by atoms with E-state index in [1.807, 2.05) is 29.8 Å². The van der Waals surface area contributed by atoms with Crippen LogP contribution in [-0.4, -0.2) is 61.9 Å². The summed E-state index contributed by atoms with van der Waals surface area (Å²) >= 11 is 1.67. The number of rotatable bonds is 6. The molecule has 0 bridgehead atoms. The predicted octanol–water partition coefficient (Wildman–Crippen LogP) is 2.02. The molecule has 1 saturated heterocycles. The van der Waals surface area contributed by atoms with Crippen molar-refractivity contribution < 1.29 is 14.6 Å². The lowest BCUT2D eigenvalue weighted by atomic mass is 10.1. The fraction of sp³-hybridized carbons (Fsp3) is 0.471. The quantitative estimate of drug-likeness (QED) is 0.861.